The molecule has 2 fully saturated rings. The molecule has 186 valence electrons. The van der Waals surface area contributed by atoms with Crippen LogP contribution in [0.25, 0.3) is 10.2 Å². The van der Waals surface area contributed by atoms with Crippen molar-refractivity contribution in [1.29, 1.82) is 0 Å². The summed E-state index contributed by atoms with van der Waals surface area (Å²) in [4.78, 5) is 27.9. The Labute approximate surface area is 205 Å². The summed E-state index contributed by atoms with van der Waals surface area (Å²) in [6.45, 7) is 9.24. The van der Waals surface area contributed by atoms with E-state index in [9.17, 15) is 9.90 Å². The number of thiophene rings is 1. The van der Waals surface area contributed by atoms with Crippen molar-refractivity contribution in [2.24, 2.45) is 5.73 Å². The molecule has 1 saturated heterocycles. The summed E-state index contributed by atoms with van der Waals surface area (Å²) in [5.74, 6) is 0.0832. The molecular formula is C25H37N5O3S. The molecule has 9 heteroatoms. The molecule has 0 bridgehead atoms. The van der Waals surface area contributed by atoms with Gasteiger partial charge in [-0.25, -0.2) is 9.97 Å². The predicted octanol–water partition coefficient (Wildman–Crippen LogP) is 2.67. The zero-order chi connectivity index (χ0) is 23.8. The van der Waals surface area contributed by atoms with Crippen molar-refractivity contribution in [3.63, 3.8) is 0 Å². The number of hydrogen-bond donors (Lipinski definition) is 2. The zero-order valence-corrected chi connectivity index (χ0v) is 21.1. The molecule has 3 N–H and O–H groups in total. The van der Waals surface area contributed by atoms with Gasteiger partial charge in [0.2, 0.25) is 11.8 Å². The van der Waals surface area contributed by atoms with Gasteiger partial charge in [-0.1, -0.05) is 0 Å². The Morgan fingerprint density at radius 3 is 2.59 bits per heavy atom. The highest BCUT2D eigenvalue weighted by Gasteiger charge is 2.34. The number of carbonyl (C=O) groups is 1. The largest absolute Gasteiger partial charge is 0.474 e. The number of fused-ring (bicyclic) bond motifs is 3. The lowest BCUT2D eigenvalue weighted by Gasteiger charge is -2.43. The van der Waals surface area contributed by atoms with Gasteiger partial charge in [0.25, 0.3) is 0 Å². The van der Waals surface area contributed by atoms with Crippen molar-refractivity contribution >= 4 is 27.5 Å². The molecule has 2 aromatic rings. The molecule has 5 rings (SSSR count). The average Bonchev–Trinajstić information content (AvgIpc) is 3.39. The third-order valence-corrected chi connectivity index (χ3v) is 9.22. The molecule has 8 nitrogen and oxygen atoms in total. The molecule has 3 heterocycles. The number of piperazine rings is 1. The molecule has 3 aliphatic rings. The van der Waals surface area contributed by atoms with E-state index in [1.807, 2.05) is 0 Å². The molecule has 0 radical (unpaired) electrons. The van der Waals surface area contributed by atoms with E-state index in [0.29, 0.717) is 24.4 Å². The molecule has 1 amide bonds. The first-order valence-corrected chi connectivity index (χ1v) is 13.6. The van der Waals surface area contributed by atoms with Crippen molar-refractivity contribution in [3.8, 4) is 5.88 Å². The number of aryl methyl sites for hydroxylation is 1. The Morgan fingerprint density at radius 2 is 1.91 bits per heavy atom. The number of aliphatic hydroxyl groups excluding tert-OH is 1. The molecule has 2 aliphatic carbocycles. The second-order valence-electron chi connectivity index (χ2n) is 10.4. The van der Waals surface area contributed by atoms with Crippen LogP contribution in [0.1, 0.15) is 68.7 Å². The minimum absolute atomic E-state index is 0.0832. The Bertz CT molecular complexity index is 1010. The van der Waals surface area contributed by atoms with Crippen molar-refractivity contribution in [1.82, 2.24) is 19.8 Å². The second-order valence-corrected chi connectivity index (χ2v) is 11.5. The van der Waals surface area contributed by atoms with Gasteiger partial charge >= 0.3 is 0 Å². The van der Waals surface area contributed by atoms with Crippen LogP contribution in [0.2, 0.25) is 0 Å². The van der Waals surface area contributed by atoms with E-state index in [1.54, 1.807) is 17.7 Å². The number of hydrogen-bond acceptors (Lipinski definition) is 8. The number of aromatic nitrogens is 2. The molecule has 1 saturated carbocycles. The highest BCUT2D eigenvalue weighted by atomic mass is 32.1. The van der Waals surface area contributed by atoms with Gasteiger partial charge in [-0.15, -0.1) is 11.3 Å². The molecule has 2 aromatic heterocycles. The van der Waals surface area contributed by atoms with Gasteiger partial charge < -0.3 is 15.6 Å². The van der Waals surface area contributed by atoms with Crippen LogP contribution in [0.3, 0.4) is 0 Å². The molecule has 1 aliphatic heterocycles. The number of nitrogens with zero attached hydrogens (tertiary/aromatic N) is 4. The first kappa shape index (κ1) is 23.9. The number of amides is 1. The molecular weight excluding hydrogens is 450 g/mol. The number of carbonyl (C=O) groups excluding carboxylic acids is 1. The maximum absolute atomic E-state index is 11.4. The number of primary amides is 1. The quantitative estimate of drug-likeness (QED) is 0.619. The van der Waals surface area contributed by atoms with Gasteiger partial charge in [0.05, 0.1) is 5.39 Å². The lowest BCUT2D eigenvalue weighted by molar-refractivity contribution is -0.126. The van der Waals surface area contributed by atoms with Crippen molar-refractivity contribution in [2.75, 3.05) is 26.2 Å². The number of nitrogens with two attached hydrogens (primary N) is 1. The van der Waals surface area contributed by atoms with Crippen LogP contribution in [0.15, 0.2) is 6.33 Å². The van der Waals surface area contributed by atoms with Gasteiger partial charge in [0.1, 0.15) is 23.4 Å². The van der Waals surface area contributed by atoms with Crippen LogP contribution in [-0.4, -0.2) is 81.3 Å². The SMILES string of the molecule is CC(C)N1CCN(C2CCC(Oc3ncnc4sc5c(c34)[C@@H](C[C@@H](O)C(N)=O)CC5)CC2)CC1. The topological polar surface area (TPSA) is 105 Å². The molecule has 0 aromatic carbocycles. The molecule has 34 heavy (non-hydrogen) atoms. The predicted molar refractivity (Wildman–Crippen MR) is 133 cm³/mol. The summed E-state index contributed by atoms with van der Waals surface area (Å²) in [5.41, 5.74) is 6.48. The van der Waals surface area contributed by atoms with Crippen molar-refractivity contribution in [3.05, 3.63) is 16.8 Å². The van der Waals surface area contributed by atoms with Gasteiger partial charge in [-0.05, 0) is 70.3 Å². The van der Waals surface area contributed by atoms with Crippen LogP contribution >= 0.6 is 11.3 Å². The number of rotatable bonds is 7. The summed E-state index contributed by atoms with van der Waals surface area (Å²) in [7, 11) is 0. The van der Waals surface area contributed by atoms with Gasteiger partial charge in [-0.3, -0.25) is 14.6 Å². The third kappa shape index (κ3) is 4.80. The first-order valence-electron chi connectivity index (χ1n) is 12.8. The van der Waals surface area contributed by atoms with E-state index in [1.165, 1.54) is 31.1 Å². The first-order chi connectivity index (χ1) is 16.4. The van der Waals surface area contributed by atoms with E-state index in [-0.39, 0.29) is 12.0 Å². The summed E-state index contributed by atoms with van der Waals surface area (Å²) in [6.07, 6.45) is 7.22. The molecule has 2 atom stereocenters. The fraction of sp³-hybridized carbons (Fsp3) is 0.720. The van der Waals surface area contributed by atoms with E-state index in [4.69, 9.17) is 10.5 Å². The van der Waals surface area contributed by atoms with Crippen LogP contribution in [0, 0.1) is 0 Å². The number of aliphatic hydroxyl groups is 1. The van der Waals surface area contributed by atoms with Gasteiger partial charge in [0.15, 0.2) is 0 Å². The van der Waals surface area contributed by atoms with Crippen molar-refractivity contribution in [2.45, 2.75) is 89.0 Å². The van der Waals surface area contributed by atoms with Crippen LogP contribution in [-0.2, 0) is 11.2 Å². The van der Waals surface area contributed by atoms with Crippen molar-refractivity contribution < 1.29 is 14.6 Å². The van der Waals surface area contributed by atoms with Crippen LogP contribution < -0.4 is 10.5 Å². The van der Waals surface area contributed by atoms with E-state index in [0.717, 1.165) is 54.3 Å². The maximum atomic E-state index is 11.4. The summed E-state index contributed by atoms with van der Waals surface area (Å²) in [5, 5.41) is 11.1. The normalized spacial score (nSPS) is 27.2. The standard InChI is InChI=1S/C25H37N5O3S/c1-15(2)29-9-11-30(12-10-29)17-4-6-18(7-5-17)33-24-22-21-16(13-19(31)23(26)32)3-8-20(21)34-25(22)28-14-27-24/h14-19,31H,3-13H2,1-2H3,(H2,26,32)/t16-,17?,18?,19-/m1/s1. The Balaban J connectivity index is 1.25. The lowest BCUT2D eigenvalue weighted by atomic mass is 9.91. The zero-order valence-electron chi connectivity index (χ0n) is 20.3. The van der Waals surface area contributed by atoms with E-state index >= 15 is 0 Å². The minimum atomic E-state index is -1.13. The third-order valence-electron chi connectivity index (χ3n) is 8.05. The smallest absolute Gasteiger partial charge is 0.246 e. The van der Waals surface area contributed by atoms with Crippen LogP contribution in [0.4, 0.5) is 0 Å². The highest BCUT2D eigenvalue weighted by molar-refractivity contribution is 7.19. The molecule has 0 unspecified atom stereocenters. The Morgan fingerprint density at radius 1 is 1.18 bits per heavy atom. The average molecular weight is 488 g/mol. The fourth-order valence-electron chi connectivity index (χ4n) is 6.06. The van der Waals surface area contributed by atoms with Gasteiger partial charge in [-0.2, -0.15) is 0 Å². The summed E-state index contributed by atoms with van der Waals surface area (Å²) < 4.78 is 6.51. The monoisotopic (exact) mass is 487 g/mol. The van der Waals surface area contributed by atoms with E-state index in [2.05, 4.69) is 33.6 Å². The molecule has 0 spiro atoms. The highest BCUT2D eigenvalue weighted by Crippen LogP contribution is 2.47. The Hall–Kier alpha value is -1.81. The maximum Gasteiger partial charge on any atom is 0.246 e. The lowest BCUT2D eigenvalue weighted by Crippen LogP contribution is -2.53. The van der Waals surface area contributed by atoms with Gasteiger partial charge in [0, 0.05) is 43.1 Å². The fourth-order valence-corrected chi connectivity index (χ4v) is 7.29. The second kappa shape index (κ2) is 10.0. The van der Waals surface area contributed by atoms with Crippen LogP contribution in [0.5, 0.6) is 5.88 Å². The Kier molecular flexibility index (Phi) is 7.07. The summed E-state index contributed by atoms with van der Waals surface area (Å²) in [6, 6.07) is 1.29. The van der Waals surface area contributed by atoms with E-state index < -0.39 is 12.0 Å². The minimum Gasteiger partial charge on any atom is -0.474 e. The number of ether oxygens (including phenoxy) is 1. The summed E-state index contributed by atoms with van der Waals surface area (Å²) >= 11 is 1.68.